The zero-order chi connectivity index (χ0) is 14.0. The van der Waals surface area contributed by atoms with Crippen LogP contribution >= 0.6 is 0 Å². The number of piperidine rings is 1. The average Bonchev–Trinajstić information content (AvgIpc) is 2.64. The number of carbonyl (C=O) groups is 1. The summed E-state index contributed by atoms with van der Waals surface area (Å²) in [5.41, 5.74) is -0.344. The molecule has 0 aromatic rings. The number of amides is 1. The van der Waals surface area contributed by atoms with E-state index < -0.39 is 0 Å². The third-order valence-electron chi connectivity index (χ3n) is 4.88. The molecule has 2 rings (SSSR count). The Kier molecular flexibility index (Phi) is 4.51. The highest BCUT2D eigenvalue weighted by Crippen LogP contribution is 2.30. The molecule has 2 fully saturated rings. The minimum atomic E-state index is -0.344. The van der Waals surface area contributed by atoms with E-state index in [9.17, 15) is 4.79 Å². The van der Waals surface area contributed by atoms with Crippen molar-refractivity contribution in [2.24, 2.45) is 0 Å². The zero-order valence-electron chi connectivity index (χ0n) is 12.9. The first-order valence-electron chi connectivity index (χ1n) is 7.80. The largest absolute Gasteiger partial charge is 0.322 e. The van der Waals surface area contributed by atoms with E-state index in [0.29, 0.717) is 11.9 Å². The van der Waals surface area contributed by atoms with E-state index in [1.165, 1.54) is 0 Å². The second-order valence-corrected chi connectivity index (χ2v) is 6.38. The smallest absolute Gasteiger partial charge is 0.244 e. The first-order valence-corrected chi connectivity index (χ1v) is 7.80. The van der Waals surface area contributed by atoms with Crippen LogP contribution in [-0.2, 0) is 4.79 Å². The molecule has 1 amide bonds. The topological polar surface area (TPSA) is 35.6 Å². The van der Waals surface area contributed by atoms with E-state index in [4.69, 9.17) is 0 Å². The van der Waals surface area contributed by atoms with E-state index in [-0.39, 0.29) is 11.7 Å². The molecule has 2 saturated heterocycles. The highest BCUT2D eigenvalue weighted by Gasteiger charge is 2.48. The van der Waals surface area contributed by atoms with Crippen molar-refractivity contribution in [2.45, 2.75) is 70.6 Å². The molecule has 0 radical (unpaired) electrons. The maximum absolute atomic E-state index is 12.8. The van der Waals surface area contributed by atoms with Gasteiger partial charge in [-0.05, 0) is 52.7 Å². The summed E-state index contributed by atoms with van der Waals surface area (Å²) >= 11 is 0. The van der Waals surface area contributed by atoms with E-state index in [0.717, 1.165) is 45.2 Å². The summed E-state index contributed by atoms with van der Waals surface area (Å²) in [4.78, 5) is 17.3. The van der Waals surface area contributed by atoms with Gasteiger partial charge >= 0.3 is 0 Å². The number of hydrogen-bond donors (Lipinski definition) is 1. The van der Waals surface area contributed by atoms with Crippen LogP contribution in [0.15, 0.2) is 0 Å². The minimum absolute atomic E-state index is 0.246. The molecule has 0 spiro atoms. The Balaban J connectivity index is 2.13. The molecule has 1 N–H and O–H groups in total. The SMILES string of the molecule is CCCC1NC(C)(CC)C(=O)N1C1CCN(C)CC1. The van der Waals surface area contributed by atoms with E-state index in [2.05, 4.69) is 42.9 Å². The summed E-state index contributed by atoms with van der Waals surface area (Å²) in [6, 6.07) is 0.432. The molecule has 2 aliphatic heterocycles. The fourth-order valence-corrected chi connectivity index (χ4v) is 3.36. The predicted molar refractivity (Wildman–Crippen MR) is 77.9 cm³/mol. The van der Waals surface area contributed by atoms with Crippen molar-refractivity contribution in [3.63, 3.8) is 0 Å². The Hall–Kier alpha value is -0.610. The lowest BCUT2D eigenvalue weighted by Gasteiger charge is -2.38. The van der Waals surface area contributed by atoms with Gasteiger partial charge in [-0.3, -0.25) is 10.1 Å². The van der Waals surface area contributed by atoms with Gasteiger partial charge in [0, 0.05) is 6.04 Å². The normalized spacial score (nSPS) is 34.2. The summed E-state index contributed by atoms with van der Waals surface area (Å²) in [5, 5.41) is 3.59. The van der Waals surface area contributed by atoms with Crippen LogP contribution in [0.3, 0.4) is 0 Å². The van der Waals surface area contributed by atoms with Gasteiger partial charge in [0.1, 0.15) is 0 Å². The third-order valence-corrected chi connectivity index (χ3v) is 4.88. The Morgan fingerprint density at radius 1 is 1.32 bits per heavy atom. The molecule has 110 valence electrons. The predicted octanol–water partition coefficient (Wildman–Crippen LogP) is 1.81. The molecule has 0 aliphatic carbocycles. The molecule has 19 heavy (non-hydrogen) atoms. The fourth-order valence-electron chi connectivity index (χ4n) is 3.36. The Labute approximate surface area is 117 Å². The van der Waals surface area contributed by atoms with Crippen molar-refractivity contribution < 1.29 is 4.79 Å². The van der Waals surface area contributed by atoms with Gasteiger partial charge in [0.25, 0.3) is 0 Å². The van der Waals surface area contributed by atoms with Crippen LogP contribution in [0.4, 0.5) is 0 Å². The van der Waals surface area contributed by atoms with Crippen LogP contribution in [-0.4, -0.2) is 53.6 Å². The van der Waals surface area contributed by atoms with Gasteiger partial charge in [0.2, 0.25) is 5.91 Å². The lowest BCUT2D eigenvalue weighted by atomic mass is 9.97. The molecule has 2 unspecified atom stereocenters. The van der Waals surface area contributed by atoms with Crippen LogP contribution in [0.2, 0.25) is 0 Å². The summed E-state index contributed by atoms with van der Waals surface area (Å²) in [5.74, 6) is 0.322. The summed E-state index contributed by atoms with van der Waals surface area (Å²) in [6.45, 7) is 8.58. The lowest BCUT2D eigenvalue weighted by Crippen LogP contribution is -2.49. The number of likely N-dealkylation sites (tertiary alicyclic amines) is 1. The Morgan fingerprint density at radius 3 is 2.47 bits per heavy atom. The molecular weight excluding hydrogens is 238 g/mol. The quantitative estimate of drug-likeness (QED) is 0.844. The lowest BCUT2D eigenvalue weighted by molar-refractivity contribution is -0.136. The van der Waals surface area contributed by atoms with Crippen LogP contribution in [0.1, 0.15) is 52.9 Å². The highest BCUT2D eigenvalue weighted by atomic mass is 16.2. The number of nitrogens with one attached hydrogen (secondary N) is 1. The first-order chi connectivity index (χ1) is 9.01. The monoisotopic (exact) mass is 267 g/mol. The molecule has 4 nitrogen and oxygen atoms in total. The maximum atomic E-state index is 12.8. The van der Waals surface area contributed by atoms with Crippen LogP contribution in [0.25, 0.3) is 0 Å². The highest BCUT2D eigenvalue weighted by molar-refractivity contribution is 5.88. The fraction of sp³-hybridized carbons (Fsp3) is 0.933. The van der Waals surface area contributed by atoms with Gasteiger partial charge < -0.3 is 9.80 Å². The van der Waals surface area contributed by atoms with Crippen molar-refractivity contribution in [3.05, 3.63) is 0 Å². The van der Waals surface area contributed by atoms with Crippen LogP contribution in [0.5, 0.6) is 0 Å². The molecule has 2 aliphatic rings. The van der Waals surface area contributed by atoms with Crippen LogP contribution in [0, 0.1) is 0 Å². The molecule has 0 saturated carbocycles. The Morgan fingerprint density at radius 2 is 1.95 bits per heavy atom. The summed E-state index contributed by atoms with van der Waals surface area (Å²) < 4.78 is 0. The van der Waals surface area contributed by atoms with Gasteiger partial charge in [-0.2, -0.15) is 0 Å². The average molecular weight is 267 g/mol. The number of nitrogens with zero attached hydrogens (tertiary/aromatic N) is 2. The number of hydrogen-bond acceptors (Lipinski definition) is 3. The number of rotatable bonds is 4. The van der Waals surface area contributed by atoms with Crippen molar-refractivity contribution in [3.8, 4) is 0 Å². The van der Waals surface area contributed by atoms with Gasteiger partial charge in [-0.25, -0.2) is 0 Å². The van der Waals surface area contributed by atoms with E-state index >= 15 is 0 Å². The molecule has 0 bridgehead atoms. The first kappa shape index (κ1) is 14.8. The molecule has 0 aromatic heterocycles. The molecule has 0 aromatic carbocycles. The number of carbonyl (C=O) groups excluding carboxylic acids is 1. The second-order valence-electron chi connectivity index (χ2n) is 6.38. The van der Waals surface area contributed by atoms with E-state index in [1.54, 1.807) is 0 Å². The molecule has 2 heterocycles. The molecule has 4 heteroatoms. The maximum Gasteiger partial charge on any atom is 0.244 e. The summed E-state index contributed by atoms with van der Waals surface area (Å²) in [7, 11) is 2.17. The summed E-state index contributed by atoms with van der Waals surface area (Å²) in [6.07, 6.45) is 5.53. The minimum Gasteiger partial charge on any atom is -0.322 e. The van der Waals surface area contributed by atoms with Gasteiger partial charge in [0.05, 0.1) is 11.7 Å². The molecule has 2 atom stereocenters. The molecular formula is C15H29N3O. The van der Waals surface area contributed by atoms with E-state index in [1.807, 2.05) is 0 Å². The third kappa shape index (κ3) is 2.79. The van der Waals surface area contributed by atoms with Crippen molar-refractivity contribution in [1.29, 1.82) is 0 Å². The zero-order valence-corrected chi connectivity index (χ0v) is 12.9. The van der Waals surface area contributed by atoms with Crippen molar-refractivity contribution in [2.75, 3.05) is 20.1 Å². The Bertz CT molecular complexity index is 325. The second kappa shape index (κ2) is 5.80. The van der Waals surface area contributed by atoms with Crippen LogP contribution < -0.4 is 5.32 Å². The van der Waals surface area contributed by atoms with Crippen molar-refractivity contribution >= 4 is 5.91 Å². The van der Waals surface area contributed by atoms with Gasteiger partial charge in [-0.1, -0.05) is 20.3 Å². The van der Waals surface area contributed by atoms with Gasteiger partial charge in [0.15, 0.2) is 0 Å². The standard InChI is InChI=1S/C15H29N3O/c1-5-7-13-16-15(3,6-2)14(19)18(13)12-8-10-17(4)11-9-12/h12-13,16H,5-11H2,1-4H3. The van der Waals surface area contributed by atoms with Crippen molar-refractivity contribution in [1.82, 2.24) is 15.1 Å². The van der Waals surface area contributed by atoms with Gasteiger partial charge in [-0.15, -0.1) is 0 Å².